The van der Waals surface area contributed by atoms with E-state index >= 15 is 0 Å². The Kier molecular flexibility index (Phi) is 6.43. The van der Waals surface area contributed by atoms with Gasteiger partial charge < -0.3 is 9.30 Å². The maximum atomic E-state index is 12.1. The lowest BCUT2D eigenvalue weighted by atomic mass is 9.97. The molecule has 36 heavy (non-hydrogen) atoms. The summed E-state index contributed by atoms with van der Waals surface area (Å²) in [5, 5.41) is 3.31. The van der Waals surface area contributed by atoms with E-state index in [0.717, 1.165) is 46.3 Å². The minimum absolute atomic E-state index is 0.127. The number of allylic oxidation sites excluding steroid dienone is 1. The first kappa shape index (κ1) is 23.2. The zero-order valence-electron chi connectivity index (χ0n) is 20.5. The largest absolute Gasteiger partial charge is 0.496 e. The monoisotopic (exact) mass is 469 g/mol. The Morgan fingerprint density at radius 3 is 2.44 bits per heavy atom. The Balaban J connectivity index is 1.75. The highest BCUT2D eigenvalue weighted by Gasteiger charge is 2.15. The van der Waals surface area contributed by atoms with Gasteiger partial charge in [0, 0.05) is 22.2 Å². The third-order valence-electron chi connectivity index (χ3n) is 6.60. The van der Waals surface area contributed by atoms with Crippen LogP contribution in [0.25, 0.3) is 33.4 Å². The molecule has 176 valence electrons. The Morgan fingerprint density at radius 1 is 0.917 bits per heavy atom. The van der Waals surface area contributed by atoms with Gasteiger partial charge in [-0.05, 0) is 72.7 Å². The maximum absolute atomic E-state index is 12.1. The lowest BCUT2D eigenvalue weighted by Crippen LogP contribution is -2.02. The van der Waals surface area contributed by atoms with Gasteiger partial charge in [0.15, 0.2) is 5.78 Å². The number of methoxy groups -OCH3 is 1. The molecule has 0 fully saturated rings. The number of para-hydroxylation sites is 1. The molecule has 0 N–H and O–H groups in total. The van der Waals surface area contributed by atoms with Crippen LogP contribution in [0.4, 0.5) is 0 Å². The number of ketones is 1. The summed E-state index contributed by atoms with van der Waals surface area (Å²) in [6.07, 6.45) is 9.29. The third kappa shape index (κ3) is 4.42. The van der Waals surface area contributed by atoms with Gasteiger partial charge in [-0.2, -0.15) is 0 Å². The van der Waals surface area contributed by atoms with Gasteiger partial charge in [-0.15, -0.1) is 6.42 Å². The molecule has 1 aromatic heterocycles. The molecule has 3 heteroatoms. The van der Waals surface area contributed by atoms with Crippen LogP contribution in [0.5, 0.6) is 5.75 Å². The second kappa shape index (κ2) is 9.98. The summed E-state index contributed by atoms with van der Waals surface area (Å²) < 4.78 is 7.93. The summed E-state index contributed by atoms with van der Waals surface area (Å²) >= 11 is 0. The standard InChI is InChI=1S/C33H27NO2/c1-4-25(23(2)35)19-28-21-27-13-8-9-15-32(27)34(28)29-20-26(18-17-24-11-6-5-7-12-24)30-14-10-16-33(36-3)31(30)22-29/h1,5-16,19-22H,17-18H2,2-3H3. The van der Waals surface area contributed by atoms with Crippen LogP contribution in [0.1, 0.15) is 23.7 Å². The van der Waals surface area contributed by atoms with Crippen molar-refractivity contribution in [3.05, 3.63) is 113 Å². The fraction of sp³-hybridized carbons (Fsp3) is 0.121. The Hall–Kier alpha value is -4.55. The van der Waals surface area contributed by atoms with Gasteiger partial charge in [-0.1, -0.05) is 66.6 Å². The van der Waals surface area contributed by atoms with Crippen LogP contribution in [-0.4, -0.2) is 17.5 Å². The topological polar surface area (TPSA) is 31.2 Å². The maximum Gasteiger partial charge on any atom is 0.168 e. The number of aryl methyl sites for hydroxylation is 2. The fourth-order valence-corrected chi connectivity index (χ4v) is 4.82. The molecule has 0 saturated carbocycles. The Morgan fingerprint density at radius 2 is 1.69 bits per heavy atom. The smallest absolute Gasteiger partial charge is 0.168 e. The quantitative estimate of drug-likeness (QED) is 0.187. The van der Waals surface area contributed by atoms with Crippen molar-refractivity contribution in [1.29, 1.82) is 0 Å². The molecule has 0 atom stereocenters. The van der Waals surface area contributed by atoms with Crippen LogP contribution in [0.2, 0.25) is 0 Å². The zero-order chi connectivity index (χ0) is 25.1. The molecule has 0 aliphatic carbocycles. The van der Waals surface area contributed by atoms with Crippen molar-refractivity contribution in [3.63, 3.8) is 0 Å². The molecule has 0 unspecified atom stereocenters. The molecule has 0 radical (unpaired) electrons. The van der Waals surface area contributed by atoms with Gasteiger partial charge >= 0.3 is 0 Å². The number of carbonyl (C=O) groups is 1. The average Bonchev–Trinajstić information content (AvgIpc) is 3.28. The molecular weight excluding hydrogens is 442 g/mol. The molecule has 0 saturated heterocycles. The number of carbonyl (C=O) groups excluding carboxylic acids is 1. The Bertz CT molecular complexity index is 1650. The summed E-state index contributed by atoms with van der Waals surface area (Å²) in [7, 11) is 1.70. The number of aromatic nitrogens is 1. The van der Waals surface area contributed by atoms with Crippen LogP contribution < -0.4 is 4.74 Å². The molecule has 1 heterocycles. The van der Waals surface area contributed by atoms with Crippen LogP contribution >= 0.6 is 0 Å². The minimum Gasteiger partial charge on any atom is -0.496 e. The molecule has 0 bridgehead atoms. The van der Waals surface area contributed by atoms with E-state index < -0.39 is 0 Å². The van der Waals surface area contributed by atoms with Crippen molar-refractivity contribution in [2.45, 2.75) is 19.8 Å². The lowest BCUT2D eigenvalue weighted by molar-refractivity contribution is -0.113. The molecule has 0 amide bonds. The Labute approximate surface area is 211 Å². The van der Waals surface area contributed by atoms with E-state index in [1.807, 2.05) is 30.3 Å². The summed E-state index contributed by atoms with van der Waals surface area (Å²) in [4.78, 5) is 12.1. The van der Waals surface area contributed by atoms with Gasteiger partial charge in [-0.25, -0.2) is 0 Å². The molecule has 5 rings (SSSR count). The lowest BCUT2D eigenvalue weighted by Gasteiger charge is -2.16. The first-order chi connectivity index (χ1) is 17.6. The first-order valence-corrected chi connectivity index (χ1v) is 12.0. The van der Waals surface area contributed by atoms with Gasteiger partial charge in [0.2, 0.25) is 0 Å². The zero-order valence-corrected chi connectivity index (χ0v) is 20.5. The summed E-state index contributed by atoms with van der Waals surface area (Å²) in [5.41, 5.74) is 5.80. The number of fused-ring (bicyclic) bond motifs is 2. The second-order valence-electron chi connectivity index (χ2n) is 8.87. The molecule has 3 nitrogen and oxygen atoms in total. The molecule has 0 spiro atoms. The van der Waals surface area contributed by atoms with E-state index in [-0.39, 0.29) is 5.78 Å². The molecular formula is C33H27NO2. The number of terminal acetylenes is 1. The van der Waals surface area contributed by atoms with E-state index in [9.17, 15) is 4.79 Å². The number of ether oxygens (including phenoxy) is 1. The second-order valence-corrected chi connectivity index (χ2v) is 8.87. The van der Waals surface area contributed by atoms with E-state index in [1.165, 1.54) is 23.4 Å². The fourth-order valence-electron chi connectivity index (χ4n) is 4.82. The highest BCUT2D eigenvalue weighted by molar-refractivity contribution is 6.03. The molecule has 5 aromatic rings. The third-order valence-corrected chi connectivity index (χ3v) is 6.60. The summed E-state index contributed by atoms with van der Waals surface area (Å²) in [5.74, 6) is 3.25. The number of hydrogen-bond acceptors (Lipinski definition) is 2. The number of rotatable bonds is 7. The number of hydrogen-bond donors (Lipinski definition) is 0. The predicted octanol–water partition coefficient (Wildman–Crippen LogP) is 7.18. The van der Waals surface area contributed by atoms with Crippen LogP contribution in [0, 0.1) is 12.3 Å². The van der Waals surface area contributed by atoms with E-state index in [2.05, 4.69) is 71.2 Å². The van der Waals surface area contributed by atoms with E-state index in [0.29, 0.717) is 5.57 Å². The van der Waals surface area contributed by atoms with E-state index in [4.69, 9.17) is 11.2 Å². The van der Waals surface area contributed by atoms with Crippen LogP contribution in [-0.2, 0) is 17.6 Å². The van der Waals surface area contributed by atoms with Gasteiger partial charge in [0.1, 0.15) is 5.75 Å². The number of Topliss-reactive ketones (excluding diaryl/α,β-unsaturated/α-hetero) is 1. The SMILES string of the molecule is C#CC(=Cc1cc2ccccc2n1-c1cc(CCc2ccccc2)c2cccc(OC)c2c1)C(C)=O. The van der Waals surface area contributed by atoms with Crippen LogP contribution in [0.15, 0.2) is 96.6 Å². The number of nitrogens with zero attached hydrogens (tertiary/aromatic N) is 1. The van der Waals surface area contributed by atoms with Crippen molar-refractivity contribution >= 4 is 33.5 Å². The van der Waals surface area contributed by atoms with Crippen LogP contribution in [0.3, 0.4) is 0 Å². The highest BCUT2D eigenvalue weighted by atomic mass is 16.5. The average molecular weight is 470 g/mol. The highest BCUT2D eigenvalue weighted by Crippen LogP contribution is 2.34. The molecule has 0 aliphatic heterocycles. The summed E-state index contributed by atoms with van der Waals surface area (Å²) in [6.45, 7) is 1.50. The molecule has 4 aromatic carbocycles. The summed E-state index contributed by atoms with van der Waals surface area (Å²) in [6, 6.07) is 31.4. The van der Waals surface area contributed by atoms with Gasteiger partial charge in [-0.3, -0.25) is 4.79 Å². The molecule has 0 aliphatic rings. The predicted molar refractivity (Wildman–Crippen MR) is 149 cm³/mol. The normalized spacial score (nSPS) is 11.5. The van der Waals surface area contributed by atoms with Gasteiger partial charge in [0.25, 0.3) is 0 Å². The number of benzene rings is 4. The van der Waals surface area contributed by atoms with Crippen molar-refractivity contribution in [2.24, 2.45) is 0 Å². The van der Waals surface area contributed by atoms with E-state index in [1.54, 1.807) is 13.2 Å². The van der Waals surface area contributed by atoms with Crippen molar-refractivity contribution in [1.82, 2.24) is 4.57 Å². The minimum atomic E-state index is -0.127. The first-order valence-electron chi connectivity index (χ1n) is 12.0. The van der Waals surface area contributed by atoms with Gasteiger partial charge in [0.05, 0.1) is 18.2 Å². The van der Waals surface area contributed by atoms with Crippen molar-refractivity contribution in [3.8, 4) is 23.8 Å². The van der Waals surface area contributed by atoms with Crippen molar-refractivity contribution in [2.75, 3.05) is 7.11 Å². The van der Waals surface area contributed by atoms with Crippen molar-refractivity contribution < 1.29 is 9.53 Å².